The zero-order chi connectivity index (χ0) is 22.4. The van der Waals surface area contributed by atoms with Gasteiger partial charge in [-0.25, -0.2) is 0 Å². The first kappa shape index (κ1) is 23.1. The molecule has 0 heterocycles. The van der Waals surface area contributed by atoms with Gasteiger partial charge in [-0.3, -0.25) is 9.59 Å². The van der Waals surface area contributed by atoms with Crippen LogP contribution in [-0.4, -0.2) is 34.7 Å². The van der Waals surface area contributed by atoms with Gasteiger partial charge in [0.05, 0.1) is 6.10 Å². The van der Waals surface area contributed by atoms with Gasteiger partial charge < -0.3 is 15.5 Å². The highest BCUT2D eigenvalue weighted by atomic mass is 16.4. The molecule has 31 heavy (non-hydrogen) atoms. The predicted octanol–water partition coefficient (Wildman–Crippen LogP) is 4.62. The molecule has 5 nitrogen and oxygen atoms in total. The van der Waals surface area contributed by atoms with Gasteiger partial charge in [0.2, 0.25) is 5.91 Å². The Morgan fingerprint density at radius 3 is 2.58 bits per heavy atom. The van der Waals surface area contributed by atoms with Crippen molar-refractivity contribution in [1.82, 2.24) is 5.32 Å². The molecule has 4 saturated carbocycles. The van der Waals surface area contributed by atoms with Gasteiger partial charge >= 0.3 is 5.97 Å². The van der Waals surface area contributed by atoms with Crippen molar-refractivity contribution in [1.29, 1.82) is 0 Å². The lowest BCUT2D eigenvalue weighted by Gasteiger charge is -2.62. The number of nitrogens with one attached hydrogen (secondary N) is 1. The van der Waals surface area contributed by atoms with Crippen molar-refractivity contribution in [3.05, 3.63) is 0 Å². The van der Waals surface area contributed by atoms with Gasteiger partial charge in [-0.2, -0.15) is 0 Å². The molecule has 4 rings (SSSR count). The van der Waals surface area contributed by atoms with Crippen LogP contribution in [0, 0.1) is 46.3 Å². The third kappa shape index (κ3) is 3.94. The van der Waals surface area contributed by atoms with Gasteiger partial charge in [0.1, 0.15) is 6.54 Å². The van der Waals surface area contributed by atoms with Crippen molar-refractivity contribution < 1.29 is 19.8 Å². The summed E-state index contributed by atoms with van der Waals surface area (Å²) in [6.07, 6.45) is 12.4. The lowest BCUT2D eigenvalue weighted by Crippen LogP contribution is -2.58. The van der Waals surface area contributed by atoms with Crippen LogP contribution in [0.3, 0.4) is 0 Å². The van der Waals surface area contributed by atoms with E-state index in [9.17, 15) is 14.7 Å². The molecule has 0 aliphatic heterocycles. The molecule has 3 N–H and O–H groups in total. The van der Waals surface area contributed by atoms with Gasteiger partial charge in [0.15, 0.2) is 0 Å². The summed E-state index contributed by atoms with van der Waals surface area (Å²) in [5.74, 6) is 2.51. The molecule has 4 fully saturated rings. The van der Waals surface area contributed by atoms with Crippen molar-refractivity contribution in [3.8, 4) is 0 Å². The molecule has 0 bridgehead atoms. The SMILES string of the molecule is C[C@H](CCC(=O)NCC(=O)O)[C@H]1CC[C@H]2[C@@H]3CC[C@@H]4CCCC[C@]4(C)[C@H]3C[C@H](O)[C@]12C. The van der Waals surface area contributed by atoms with Gasteiger partial charge in [-0.15, -0.1) is 0 Å². The predicted molar refractivity (Wildman–Crippen MR) is 120 cm³/mol. The monoisotopic (exact) mass is 433 g/mol. The lowest BCUT2D eigenvalue weighted by molar-refractivity contribution is -0.168. The molecule has 5 heteroatoms. The van der Waals surface area contributed by atoms with Crippen LogP contribution in [0.5, 0.6) is 0 Å². The largest absolute Gasteiger partial charge is 0.480 e. The normalized spacial score (nSPS) is 45.2. The Balaban J connectivity index is 1.45. The molecule has 0 aromatic carbocycles. The van der Waals surface area contributed by atoms with Crippen LogP contribution in [0.1, 0.15) is 91.4 Å². The molecule has 0 saturated heterocycles. The van der Waals surface area contributed by atoms with E-state index in [1.54, 1.807) is 0 Å². The molecule has 9 atom stereocenters. The second kappa shape index (κ2) is 8.68. The Kier molecular flexibility index (Phi) is 6.46. The van der Waals surface area contributed by atoms with E-state index >= 15 is 0 Å². The van der Waals surface area contributed by atoms with Gasteiger partial charge in [0.25, 0.3) is 0 Å². The Labute approximate surface area is 187 Å². The fraction of sp³-hybridized carbons (Fsp3) is 0.923. The average Bonchev–Trinajstić information content (AvgIpc) is 3.09. The summed E-state index contributed by atoms with van der Waals surface area (Å²) in [6, 6.07) is 0. The number of aliphatic hydroxyl groups is 1. The highest BCUT2D eigenvalue weighted by Crippen LogP contribution is 2.68. The van der Waals surface area contributed by atoms with Crippen LogP contribution in [0.25, 0.3) is 0 Å². The third-order valence-electron chi connectivity index (χ3n) is 10.7. The molecular weight excluding hydrogens is 390 g/mol. The minimum Gasteiger partial charge on any atom is -0.480 e. The van der Waals surface area contributed by atoms with E-state index in [4.69, 9.17) is 5.11 Å². The average molecular weight is 434 g/mol. The molecule has 0 radical (unpaired) electrons. The quantitative estimate of drug-likeness (QED) is 0.570. The van der Waals surface area contributed by atoms with E-state index in [2.05, 4.69) is 26.1 Å². The highest BCUT2D eigenvalue weighted by Gasteiger charge is 2.63. The summed E-state index contributed by atoms with van der Waals surface area (Å²) in [6.45, 7) is 6.83. The summed E-state index contributed by atoms with van der Waals surface area (Å²) in [4.78, 5) is 22.7. The van der Waals surface area contributed by atoms with Crippen LogP contribution < -0.4 is 5.32 Å². The molecule has 176 valence electrons. The van der Waals surface area contributed by atoms with Crippen LogP contribution in [0.2, 0.25) is 0 Å². The van der Waals surface area contributed by atoms with Crippen LogP contribution in [0.15, 0.2) is 0 Å². The number of carbonyl (C=O) groups excluding carboxylic acids is 1. The minimum atomic E-state index is -1.01. The number of carboxylic acid groups (broad SMARTS) is 1. The molecule has 0 aromatic heterocycles. The molecule has 4 aliphatic carbocycles. The van der Waals surface area contributed by atoms with Crippen molar-refractivity contribution in [2.45, 2.75) is 97.5 Å². The number of carbonyl (C=O) groups is 2. The van der Waals surface area contributed by atoms with E-state index in [1.165, 1.54) is 44.9 Å². The minimum absolute atomic E-state index is 0.0456. The smallest absolute Gasteiger partial charge is 0.322 e. The van der Waals surface area contributed by atoms with Crippen molar-refractivity contribution in [2.24, 2.45) is 46.3 Å². The van der Waals surface area contributed by atoms with E-state index < -0.39 is 5.97 Å². The first-order valence-electron chi connectivity index (χ1n) is 12.8. The topological polar surface area (TPSA) is 86.6 Å². The van der Waals surface area contributed by atoms with Crippen molar-refractivity contribution in [2.75, 3.05) is 6.54 Å². The number of aliphatic hydroxyl groups excluding tert-OH is 1. The zero-order valence-electron chi connectivity index (χ0n) is 19.7. The first-order valence-corrected chi connectivity index (χ1v) is 12.8. The fourth-order valence-corrected chi connectivity index (χ4v) is 9.04. The van der Waals surface area contributed by atoms with Crippen molar-refractivity contribution >= 4 is 11.9 Å². The lowest BCUT2D eigenvalue weighted by atomic mass is 9.44. The van der Waals surface area contributed by atoms with E-state index in [-0.39, 0.29) is 24.0 Å². The van der Waals surface area contributed by atoms with Gasteiger partial charge in [-0.1, -0.05) is 33.6 Å². The second-order valence-corrected chi connectivity index (χ2v) is 11.9. The number of fused-ring (bicyclic) bond motifs is 5. The molecule has 4 aliphatic rings. The van der Waals surface area contributed by atoms with Crippen molar-refractivity contribution in [3.63, 3.8) is 0 Å². The maximum atomic E-state index is 12.0. The summed E-state index contributed by atoms with van der Waals surface area (Å²) in [7, 11) is 0. The van der Waals surface area contributed by atoms with E-state index in [1.807, 2.05) is 0 Å². The fourth-order valence-electron chi connectivity index (χ4n) is 9.04. The maximum absolute atomic E-state index is 12.0. The number of rotatable bonds is 6. The van der Waals surface area contributed by atoms with Crippen LogP contribution >= 0.6 is 0 Å². The number of amides is 1. The number of aliphatic carboxylic acids is 1. The zero-order valence-corrected chi connectivity index (χ0v) is 19.7. The van der Waals surface area contributed by atoms with Gasteiger partial charge in [-0.05, 0) is 97.7 Å². The molecule has 0 aromatic rings. The van der Waals surface area contributed by atoms with Gasteiger partial charge in [0, 0.05) is 6.42 Å². The Hall–Kier alpha value is -1.10. The maximum Gasteiger partial charge on any atom is 0.322 e. The summed E-state index contributed by atoms with van der Waals surface area (Å²) < 4.78 is 0. The summed E-state index contributed by atoms with van der Waals surface area (Å²) >= 11 is 0. The Morgan fingerprint density at radius 1 is 1.06 bits per heavy atom. The third-order valence-corrected chi connectivity index (χ3v) is 10.7. The summed E-state index contributed by atoms with van der Waals surface area (Å²) in [5, 5.41) is 22.8. The number of hydrogen-bond donors (Lipinski definition) is 3. The second-order valence-electron chi connectivity index (χ2n) is 11.9. The Morgan fingerprint density at radius 2 is 1.84 bits per heavy atom. The molecule has 0 spiro atoms. The Bertz CT molecular complexity index is 695. The standard InChI is InChI=1S/C26H43NO4/c1-16(7-12-23(29)27-15-24(30)31)19-10-11-20-18-9-8-17-6-4-5-13-25(17,2)21(18)14-22(28)26(19,20)3/h16-22,28H,4-15H2,1-3H3,(H,27,29)(H,30,31)/t16-,17+,18+,19-,20+,21+,22+,25+,26-/m1/s1. The molecule has 1 amide bonds. The van der Waals surface area contributed by atoms with Crippen LogP contribution in [-0.2, 0) is 9.59 Å². The first-order chi connectivity index (χ1) is 14.7. The van der Waals surface area contributed by atoms with E-state index in [0.717, 1.165) is 31.1 Å². The highest BCUT2D eigenvalue weighted by molar-refractivity contribution is 5.81. The number of carboxylic acids is 1. The molecular formula is C26H43NO4. The van der Waals surface area contributed by atoms with Crippen LogP contribution in [0.4, 0.5) is 0 Å². The summed E-state index contributed by atoms with van der Waals surface area (Å²) in [5.41, 5.74) is 0.380. The molecule has 0 unspecified atom stereocenters. The van der Waals surface area contributed by atoms with E-state index in [0.29, 0.717) is 35.5 Å². The number of hydrogen-bond acceptors (Lipinski definition) is 3.